The van der Waals surface area contributed by atoms with Gasteiger partial charge in [-0.05, 0) is 26.2 Å². The molecule has 2 heterocycles. The molecule has 0 spiro atoms. The summed E-state index contributed by atoms with van der Waals surface area (Å²) < 4.78 is 24.9. The maximum Gasteiger partial charge on any atom is 0.203 e. The lowest BCUT2D eigenvalue weighted by atomic mass is 10.2. The smallest absolute Gasteiger partial charge is 0.203 e. The second-order valence-electron chi connectivity index (χ2n) is 4.97. The van der Waals surface area contributed by atoms with Crippen molar-refractivity contribution in [3.05, 3.63) is 11.9 Å². The van der Waals surface area contributed by atoms with E-state index in [0.717, 1.165) is 24.6 Å². The van der Waals surface area contributed by atoms with Crippen molar-refractivity contribution >= 4 is 15.8 Å². The summed E-state index contributed by atoms with van der Waals surface area (Å²) in [6.45, 7) is 5.04. The molecule has 1 aromatic heterocycles. The van der Waals surface area contributed by atoms with Crippen molar-refractivity contribution in [2.45, 2.75) is 45.7 Å². The van der Waals surface area contributed by atoms with Crippen molar-refractivity contribution in [2.24, 2.45) is 0 Å². The van der Waals surface area contributed by atoms with Gasteiger partial charge in [-0.15, -0.1) is 0 Å². The van der Waals surface area contributed by atoms with Crippen LogP contribution in [0.5, 0.6) is 0 Å². The zero-order chi connectivity index (χ0) is 13.2. The van der Waals surface area contributed by atoms with E-state index in [9.17, 15) is 8.42 Å². The van der Waals surface area contributed by atoms with Crippen molar-refractivity contribution in [3.8, 4) is 0 Å². The molecule has 0 amide bonds. The first-order chi connectivity index (χ1) is 8.50. The molecule has 0 radical (unpaired) electrons. The highest BCUT2D eigenvalue weighted by atomic mass is 32.2. The largest absolute Gasteiger partial charge is 0.353 e. The van der Waals surface area contributed by atoms with Gasteiger partial charge in [0, 0.05) is 18.8 Å². The Balaban J connectivity index is 2.01. The average Bonchev–Trinajstić information content (AvgIpc) is 2.63. The van der Waals surface area contributed by atoms with Crippen LogP contribution in [0.25, 0.3) is 0 Å². The Hall–Kier alpha value is -1.04. The number of sulfone groups is 1. The van der Waals surface area contributed by atoms with E-state index in [1.165, 1.54) is 0 Å². The van der Waals surface area contributed by atoms with Gasteiger partial charge in [-0.2, -0.15) is 0 Å². The molecule has 1 aliphatic heterocycles. The summed E-state index contributed by atoms with van der Waals surface area (Å²) in [4.78, 5) is 4.46. The van der Waals surface area contributed by atoms with Gasteiger partial charge in [-0.25, -0.2) is 13.4 Å². The van der Waals surface area contributed by atoms with E-state index < -0.39 is 9.84 Å². The Bertz CT molecular complexity index is 493. The minimum atomic E-state index is -2.79. The van der Waals surface area contributed by atoms with Crippen LogP contribution >= 0.6 is 0 Å². The predicted molar refractivity (Wildman–Crippen MR) is 72.6 cm³/mol. The van der Waals surface area contributed by atoms with E-state index in [1.54, 1.807) is 0 Å². The van der Waals surface area contributed by atoms with Crippen molar-refractivity contribution in [2.75, 3.05) is 16.8 Å². The zero-order valence-electron chi connectivity index (χ0n) is 11.0. The van der Waals surface area contributed by atoms with Crippen LogP contribution in [0.4, 0.5) is 5.95 Å². The van der Waals surface area contributed by atoms with Crippen LogP contribution in [-0.4, -0.2) is 35.5 Å². The standard InChI is InChI=1S/C12H21N3O2S/c1-3-6-15-9-10(2)13-12(15)14-11-4-7-18(16,17)8-5-11/h9,11H,3-8H2,1-2H3,(H,13,14). The predicted octanol–water partition coefficient (Wildman–Crippen LogP) is 1.59. The molecule has 1 aliphatic rings. The lowest BCUT2D eigenvalue weighted by Gasteiger charge is -2.23. The van der Waals surface area contributed by atoms with Crippen molar-refractivity contribution in [1.29, 1.82) is 0 Å². The molecular formula is C12H21N3O2S. The van der Waals surface area contributed by atoms with Crippen molar-refractivity contribution in [3.63, 3.8) is 0 Å². The normalized spacial score (nSPS) is 19.9. The summed E-state index contributed by atoms with van der Waals surface area (Å²) in [6, 6.07) is 0.228. The molecule has 5 nitrogen and oxygen atoms in total. The van der Waals surface area contributed by atoms with E-state index in [1.807, 2.05) is 13.1 Å². The van der Waals surface area contributed by atoms with Gasteiger partial charge in [-0.1, -0.05) is 6.92 Å². The lowest BCUT2D eigenvalue weighted by Crippen LogP contribution is -2.33. The highest BCUT2D eigenvalue weighted by Gasteiger charge is 2.24. The van der Waals surface area contributed by atoms with E-state index >= 15 is 0 Å². The number of rotatable bonds is 4. The molecule has 0 bridgehead atoms. The second-order valence-corrected chi connectivity index (χ2v) is 7.27. The van der Waals surface area contributed by atoms with Crippen LogP contribution in [0.2, 0.25) is 0 Å². The topological polar surface area (TPSA) is 64.0 Å². The summed E-state index contributed by atoms with van der Waals surface area (Å²) >= 11 is 0. The minimum Gasteiger partial charge on any atom is -0.353 e. The Morgan fingerprint density at radius 2 is 2.11 bits per heavy atom. The number of nitrogens with zero attached hydrogens (tertiary/aromatic N) is 2. The third-order valence-electron chi connectivity index (χ3n) is 3.25. The van der Waals surface area contributed by atoms with Gasteiger partial charge in [0.1, 0.15) is 9.84 Å². The molecule has 1 saturated heterocycles. The van der Waals surface area contributed by atoms with Gasteiger partial charge < -0.3 is 9.88 Å². The molecule has 0 atom stereocenters. The van der Waals surface area contributed by atoms with E-state index in [2.05, 4.69) is 21.8 Å². The molecule has 102 valence electrons. The summed E-state index contributed by atoms with van der Waals surface area (Å²) in [5.74, 6) is 1.45. The molecule has 0 aromatic carbocycles. The maximum atomic E-state index is 11.4. The highest BCUT2D eigenvalue weighted by Crippen LogP contribution is 2.18. The van der Waals surface area contributed by atoms with Gasteiger partial charge in [0.2, 0.25) is 5.95 Å². The first kappa shape index (κ1) is 13.4. The number of anilines is 1. The summed E-state index contributed by atoms with van der Waals surface area (Å²) in [5, 5.41) is 3.38. The van der Waals surface area contributed by atoms with Crippen LogP contribution in [0.3, 0.4) is 0 Å². The number of aryl methyl sites for hydroxylation is 2. The summed E-state index contributed by atoms with van der Waals surface area (Å²) in [7, 11) is -2.79. The number of hydrogen-bond acceptors (Lipinski definition) is 4. The van der Waals surface area contributed by atoms with Gasteiger partial charge >= 0.3 is 0 Å². The fourth-order valence-corrected chi connectivity index (χ4v) is 3.78. The van der Waals surface area contributed by atoms with E-state index in [0.29, 0.717) is 12.8 Å². The first-order valence-corrected chi connectivity index (χ1v) is 8.33. The highest BCUT2D eigenvalue weighted by molar-refractivity contribution is 7.91. The molecule has 0 saturated carbocycles. The first-order valence-electron chi connectivity index (χ1n) is 6.51. The zero-order valence-corrected chi connectivity index (χ0v) is 11.8. The number of hydrogen-bond donors (Lipinski definition) is 1. The van der Waals surface area contributed by atoms with Crippen LogP contribution < -0.4 is 5.32 Å². The fraction of sp³-hybridized carbons (Fsp3) is 0.750. The summed E-state index contributed by atoms with van der Waals surface area (Å²) in [5.41, 5.74) is 0.995. The molecule has 1 N–H and O–H groups in total. The van der Waals surface area contributed by atoms with Gasteiger partial charge in [0.15, 0.2) is 0 Å². The molecular weight excluding hydrogens is 250 g/mol. The maximum absolute atomic E-state index is 11.4. The Kier molecular flexibility index (Phi) is 3.94. The van der Waals surface area contributed by atoms with Gasteiger partial charge in [-0.3, -0.25) is 0 Å². The van der Waals surface area contributed by atoms with Crippen molar-refractivity contribution < 1.29 is 8.42 Å². The average molecular weight is 271 g/mol. The molecule has 2 rings (SSSR count). The SMILES string of the molecule is CCCn1cc(C)nc1NC1CCS(=O)(=O)CC1. The molecule has 6 heteroatoms. The molecule has 0 unspecified atom stereocenters. The number of imidazole rings is 1. The van der Waals surface area contributed by atoms with E-state index in [-0.39, 0.29) is 17.5 Å². The Morgan fingerprint density at radius 1 is 1.44 bits per heavy atom. The minimum absolute atomic E-state index is 0.228. The van der Waals surface area contributed by atoms with Crippen molar-refractivity contribution in [1.82, 2.24) is 9.55 Å². The Morgan fingerprint density at radius 3 is 2.72 bits per heavy atom. The third-order valence-corrected chi connectivity index (χ3v) is 4.96. The van der Waals surface area contributed by atoms with Crippen LogP contribution in [0, 0.1) is 6.92 Å². The van der Waals surface area contributed by atoms with Crippen LogP contribution in [0.15, 0.2) is 6.20 Å². The molecule has 18 heavy (non-hydrogen) atoms. The van der Waals surface area contributed by atoms with Crippen LogP contribution in [-0.2, 0) is 16.4 Å². The third kappa shape index (κ3) is 3.25. The molecule has 1 fully saturated rings. The van der Waals surface area contributed by atoms with Gasteiger partial charge in [0.05, 0.1) is 17.2 Å². The second kappa shape index (κ2) is 5.30. The number of aromatic nitrogens is 2. The fourth-order valence-electron chi connectivity index (χ4n) is 2.29. The monoisotopic (exact) mass is 271 g/mol. The quantitative estimate of drug-likeness (QED) is 0.903. The Labute approximate surface area is 109 Å². The number of nitrogens with one attached hydrogen (secondary N) is 1. The lowest BCUT2D eigenvalue weighted by molar-refractivity contribution is 0.555. The molecule has 0 aliphatic carbocycles. The van der Waals surface area contributed by atoms with E-state index in [4.69, 9.17) is 0 Å². The molecule has 1 aromatic rings. The summed E-state index contributed by atoms with van der Waals surface area (Å²) in [6.07, 6.45) is 4.45. The van der Waals surface area contributed by atoms with Gasteiger partial charge in [0.25, 0.3) is 0 Å². The van der Waals surface area contributed by atoms with Crippen LogP contribution in [0.1, 0.15) is 31.9 Å².